The summed E-state index contributed by atoms with van der Waals surface area (Å²) in [4.78, 5) is 12.8. The number of likely N-dealkylation sites (tertiary alicyclic amines) is 1. The van der Waals surface area contributed by atoms with Crippen LogP contribution in [0.3, 0.4) is 0 Å². The second kappa shape index (κ2) is 4.35. The second-order valence-corrected chi connectivity index (χ2v) is 4.38. The average molecular weight is 263 g/mol. The van der Waals surface area contributed by atoms with Gasteiger partial charge in [-0.05, 0) is 12.8 Å². The molecule has 2 rings (SSSR count). The highest BCUT2D eigenvalue weighted by atomic mass is 19.4. The quantitative estimate of drug-likeness (QED) is 0.677. The third kappa shape index (κ3) is 2.12. The number of alkyl halides is 3. The lowest BCUT2D eigenvalue weighted by molar-refractivity contribution is -0.348. The molecule has 2 fully saturated rings. The van der Waals surface area contributed by atoms with E-state index in [4.69, 9.17) is 6.42 Å². The molecule has 0 N–H and O–H groups in total. The predicted molar refractivity (Wildman–Crippen MR) is 54.3 cm³/mol. The Balaban J connectivity index is 2.12. The number of carbonyl (C=O) groups is 1. The summed E-state index contributed by atoms with van der Waals surface area (Å²) in [6.07, 6.45) is -0.402. The number of halogens is 3. The maximum absolute atomic E-state index is 12.2. The van der Waals surface area contributed by atoms with E-state index in [0.29, 0.717) is 6.42 Å². The number of terminal acetylenes is 1. The minimum Gasteiger partial charge on any atom is -0.453 e. The van der Waals surface area contributed by atoms with Crippen LogP contribution in [0.5, 0.6) is 0 Å². The lowest BCUT2D eigenvalue weighted by atomic mass is 9.96. The van der Waals surface area contributed by atoms with Gasteiger partial charge in [0.1, 0.15) is 6.04 Å². The van der Waals surface area contributed by atoms with Crippen molar-refractivity contribution in [2.75, 3.05) is 7.11 Å². The van der Waals surface area contributed by atoms with Crippen LogP contribution in [0, 0.1) is 18.3 Å². The number of methoxy groups -OCH3 is 1. The summed E-state index contributed by atoms with van der Waals surface area (Å²) in [6, 6.07) is -1.03. The monoisotopic (exact) mass is 263 g/mol. The Morgan fingerprint density at radius 3 is 2.61 bits per heavy atom. The topological polar surface area (TPSA) is 38.8 Å². The molecule has 1 aliphatic carbocycles. The number of hydrogen-bond acceptors (Lipinski definition) is 3. The summed E-state index contributed by atoms with van der Waals surface area (Å²) in [7, 11) is 1.21. The summed E-state index contributed by atoms with van der Waals surface area (Å²) in [5, 5.41) is 0. The normalized spacial score (nSPS) is 34.5. The highest BCUT2D eigenvalue weighted by molar-refractivity contribution is 5.70. The molecule has 7 heteroatoms. The second-order valence-electron chi connectivity index (χ2n) is 4.38. The lowest BCUT2D eigenvalue weighted by Crippen LogP contribution is -2.49. The molecule has 4 unspecified atom stereocenters. The maximum Gasteiger partial charge on any atom is 0.522 e. The van der Waals surface area contributed by atoms with E-state index in [-0.39, 0.29) is 12.5 Å². The fourth-order valence-corrected chi connectivity index (χ4v) is 2.88. The van der Waals surface area contributed by atoms with Gasteiger partial charge in [0.15, 0.2) is 0 Å². The van der Waals surface area contributed by atoms with Crippen molar-refractivity contribution in [2.24, 2.45) is 5.92 Å². The molecule has 4 atom stereocenters. The number of hydrogen-bond donors (Lipinski definition) is 0. The van der Waals surface area contributed by atoms with Crippen molar-refractivity contribution in [3.63, 3.8) is 0 Å². The van der Waals surface area contributed by atoms with Crippen molar-refractivity contribution in [2.45, 2.75) is 37.4 Å². The largest absolute Gasteiger partial charge is 0.522 e. The van der Waals surface area contributed by atoms with Crippen LogP contribution in [0.15, 0.2) is 0 Å². The fourth-order valence-electron chi connectivity index (χ4n) is 2.88. The van der Waals surface area contributed by atoms with Gasteiger partial charge < -0.3 is 4.74 Å². The molecular weight excluding hydrogens is 251 g/mol. The summed E-state index contributed by atoms with van der Waals surface area (Å²) in [5.74, 6) is 1.87. The molecule has 18 heavy (non-hydrogen) atoms. The van der Waals surface area contributed by atoms with Gasteiger partial charge in [-0.25, -0.2) is 4.79 Å². The van der Waals surface area contributed by atoms with Crippen LogP contribution in [-0.2, 0) is 9.47 Å². The number of piperidine rings is 1. The molecule has 2 aliphatic rings. The standard InChI is InChI=1S/C11H12F3NO3/c1-3-8-7-4-6(15(8)10(16)17-2)5-9(7)18-11(12,13)14/h1,6-9H,4-5H2,2H3. The molecule has 1 heterocycles. The SMILES string of the molecule is C#CC1C2CC(CC2OC(F)(F)F)N1C(=O)OC. The number of nitrogens with zero attached hydrogens (tertiary/aromatic N) is 1. The molecule has 0 radical (unpaired) electrons. The first kappa shape index (κ1) is 13.0. The minimum atomic E-state index is -4.68. The molecular formula is C11H12F3NO3. The van der Waals surface area contributed by atoms with Crippen molar-refractivity contribution in [1.29, 1.82) is 0 Å². The summed E-state index contributed by atoms with van der Waals surface area (Å²) >= 11 is 0. The van der Waals surface area contributed by atoms with E-state index in [1.165, 1.54) is 12.0 Å². The fraction of sp³-hybridized carbons (Fsp3) is 0.727. The first-order valence-corrected chi connectivity index (χ1v) is 5.44. The first-order valence-electron chi connectivity index (χ1n) is 5.44. The van der Waals surface area contributed by atoms with Gasteiger partial charge in [0.25, 0.3) is 0 Å². The van der Waals surface area contributed by atoms with E-state index in [1.54, 1.807) is 0 Å². The lowest BCUT2D eigenvalue weighted by Gasteiger charge is -2.35. The van der Waals surface area contributed by atoms with Gasteiger partial charge in [0, 0.05) is 12.0 Å². The van der Waals surface area contributed by atoms with Gasteiger partial charge in [-0.1, -0.05) is 5.92 Å². The molecule has 0 aromatic carbocycles. The Morgan fingerprint density at radius 2 is 2.11 bits per heavy atom. The highest BCUT2D eigenvalue weighted by Crippen LogP contribution is 2.45. The zero-order valence-corrected chi connectivity index (χ0v) is 9.61. The van der Waals surface area contributed by atoms with Gasteiger partial charge in [-0.2, -0.15) is 0 Å². The Morgan fingerprint density at radius 1 is 1.44 bits per heavy atom. The third-order valence-electron chi connectivity index (χ3n) is 3.47. The smallest absolute Gasteiger partial charge is 0.453 e. The zero-order valence-electron chi connectivity index (χ0n) is 9.61. The Kier molecular flexibility index (Phi) is 3.15. The van der Waals surface area contributed by atoms with Crippen LogP contribution >= 0.6 is 0 Å². The van der Waals surface area contributed by atoms with Crippen LogP contribution in [0.4, 0.5) is 18.0 Å². The minimum absolute atomic E-state index is 0.136. The Bertz CT molecular complexity index is 390. The van der Waals surface area contributed by atoms with Gasteiger partial charge in [0.2, 0.25) is 0 Å². The van der Waals surface area contributed by atoms with E-state index in [1.807, 2.05) is 0 Å². The van der Waals surface area contributed by atoms with E-state index in [2.05, 4.69) is 15.4 Å². The van der Waals surface area contributed by atoms with Crippen molar-refractivity contribution >= 4 is 6.09 Å². The molecule has 4 nitrogen and oxygen atoms in total. The molecule has 0 aromatic rings. The first-order chi connectivity index (χ1) is 8.37. The number of amides is 1. The van der Waals surface area contributed by atoms with Crippen molar-refractivity contribution in [3.05, 3.63) is 0 Å². The molecule has 1 aliphatic heterocycles. The number of ether oxygens (including phenoxy) is 2. The maximum atomic E-state index is 12.2. The van der Waals surface area contributed by atoms with Gasteiger partial charge >= 0.3 is 12.5 Å². The Hall–Kier alpha value is -1.42. The number of rotatable bonds is 1. The summed E-state index contributed by atoms with van der Waals surface area (Å²) in [6.45, 7) is 0. The van der Waals surface area contributed by atoms with E-state index in [9.17, 15) is 18.0 Å². The van der Waals surface area contributed by atoms with Crippen molar-refractivity contribution in [1.82, 2.24) is 4.90 Å². The van der Waals surface area contributed by atoms with Crippen molar-refractivity contribution < 1.29 is 27.4 Å². The molecule has 1 saturated carbocycles. The van der Waals surface area contributed by atoms with Gasteiger partial charge in [-0.15, -0.1) is 19.6 Å². The molecule has 0 spiro atoms. The van der Waals surface area contributed by atoms with E-state index >= 15 is 0 Å². The number of fused-ring (bicyclic) bond motifs is 2. The molecule has 1 amide bonds. The van der Waals surface area contributed by atoms with Crippen LogP contribution in [0.2, 0.25) is 0 Å². The summed E-state index contributed by atoms with van der Waals surface area (Å²) < 4.78 is 45.3. The highest BCUT2D eigenvalue weighted by Gasteiger charge is 2.56. The number of carbonyl (C=O) groups excluding carboxylic acids is 1. The van der Waals surface area contributed by atoms with Crippen molar-refractivity contribution in [3.8, 4) is 12.3 Å². The zero-order chi connectivity index (χ0) is 13.5. The van der Waals surface area contributed by atoms with E-state index in [0.717, 1.165) is 0 Å². The predicted octanol–water partition coefficient (Wildman–Crippen LogP) is 1.75. The molecule has 1 saturated heterocycles. The van der Waals surface area contributed by atoms with Gasteiger partial charge in [0.05, 0.1) is 13.2 Å². The average Bonchev–Trinajstić information content (AvgIpc) is 2.81. The van der Waals surface area contributed by atoms with Crippen LogP contribution in [0.1, 0.15) is 12.8 Å². The van der Waals surface area contributed by atoms with Crippen LogP contribution < -0.4 is 0 Å². The van der Waals surface area contributed by atoms with Crippen LogP contribution in [0.25, 0.3) is 0 Å². The molecule has 0 aromatic heterocycles. The molecule has 2 bridgehead atoms. The molecule has 100 valence electrons. The van der Waals surface area contributed by atoms with E-state index < -0.39 is 30.5 Å². The Labute approximate surface area is 102 Å². The van der Waals surface area contributed by atoms with Gasteiger partial charge in [-0.3, -0.25) is 9.64 Å². The third-order valence-corrected chi connectivity index (χ3v) is 3.47. The summed E-state index contributed by atoms with van der Waals surface area (Å²) in [5.41, 5.74) is 0. The van der Waals surface area contributed by atoms with Crippen LogP contribution in [-0.4, -0.2) is 42.7 Å².